The number of carbonyl (C=O) groups excluding carboxylic acids is 2. The maximum Gasteiger partial charge on any atom is 0.218 e. The summed E-state index contributed by atoms with van der Waals surface area (Å²) in [7, 11) is -18.7. The quantitative estimate of drug-likeness (QED) is 0.452. The van der Waals surface area contributed by atoms with Crippen molar-refractivity contribution < 1.29 is 43.3 Å². The van der Waals surface area contributed by atoms with Crippen molar-refractivity contribution in [3.8, 4) is 0 Å². The first-order valence-electron chi connectivity index (χ1n) is 5.69. The summed E-state index contributed by atoms with van der Waals surface area (Å²) in [5.41, 5.74) is 0. The average molecular weight is 420 g/mol. The number of hydrogen-bond acceptors (Lipinski definition) is 10. The molecule has 0 bridgehead atoms. The lowest BCUT2D eigenvalue weighted by atomic mass is 10.1. The third-order valence-corrected chi connectivity index (χ3v) is 7.50. The summed E-state index contributed by atoms with van der Waals surface area (Å²) in [5.74, 6) is -3.75. The summed E-state index contributed by atoms with van der Waals surface area (Å²) in [5, 5.41) is 0. The van der Waals surface area contributed by atoms with Crippen LogP contribution in [0.25, 0.3) is 0 Å². The molecule has 14 heteroatoms. The summed E-state index contributed by atoms with van der Waals surface area (Å²) in [6.07, 6.45) is 1.57. The van der Waals surface area contributed by atoms with Gasteiger partial charge in [-0.05, 0) is 0 Å². The second-order valence-corrected chi connectivity index (χ2v) is 12.9. The Hall–Kier alpha value is -1.38. The lowest BCUT2D eigenvalue weighted by Gasteiger charge is -2.20. The monoisotopic (exact) mass is 420 g/mol. The van der Waals surface area contributed by atoms with Crippen LogP contribution in [0.3, 0.4) is 0 Å². The lowest BCUT2D eigenvalue weighted by molar-refractivity contribution is -0.114. The molecule has 0 heterocycles. The van der Waals surface area contributed by atoms with Crippen LogP contribution in [-0.4, -0.2) is 70.3 Å². The van der Waals surface area contributed by atoms with Crippen LogP contribution < -0.4 is 0 Å². The molecule has 0 radical (unpaired) electrons. The van der Waals surface area contributed by atoms with E-state index in [1.165, 1.54) is 0 Å². The number of Topliss-reactive ketones (excluding diaryl/α,β-unsaturated/α-hetero) is 2. The van der Waals surface area contributed by atoms with E-state index in [-0.39, 0.29) is 0 Å². The van der Waals surface area contributed by atoms with E-state index in [1.807, 2.05) is 0 Å². The molecule has 0 aromatic rings. The molecule has 0 saturated carbocycles. The Balaban J connectivity index is 4.32. The van der Waals surface area contributed by atoms with Gasteiger partial charge in [0, 0.05) is 25.0 Å². The summed E-state index contributed by atoms with van der Waals surface area (Å²) in [4.78, 5) is 18.4. The predicted octanol–water partition coefficient (Wildman–Crippen LogP) is -2.26. The largest absolute Gasteiger partial charge is 0.287 e. The molecule has 1 aliphatic carbocycles. The van der Waals surface area contributed by atoms with Gasteiger partial charge in [-0.25, -0.2) is 33.7 Å². The van der Waals surface area contributed by atoms with Crippen molar-refractivity contribution in [1.29, 1.82) is 0 Å². The van der Waals surface area contributed by atoms with E-state index in [0.29, 0.717) is 25.0 Å². The highest BCUT2D eigenvalue weighted by Gasteiger charge is 2.48. The molecule has 0 amide bonds. The van der Waals surface area contributed by atoms with E-state index >= 15 is 0 Å². The minimum absolute atomic E-state index is 0.393. The van der Waals surface area contributed by atoms with Gasteiger partial charge in [0.05, 0.1) is 0 Å². The normalized spacial score (nSPS) is 18.3. The lowest BCUT2D eigenvalue weighted by Crippen LogP contribution is -2.35. The van der Waals surface area contributed by atoms with E-state index < -0.39 is 70.5 Å². The zero-order chi connectivity index (χ0) is 19.5. The molecule has 10 nitrogen and oxygen atoms in total. The Bertz CT molecular complexity index is 958. The third kappa shape index (κ3) is 3.65. The van der Waals surface area contributed by atoms with Gasteiger partial charge in [0.25, 0.3) is 0 Å². The minimum Gasteiger partial charge on any atom is -0.287 e. The van der Waals surface area contributed by atoms with Gasteiger partial charge < -0.3 is 0 Å². The zero-order valence-corrected chi connectivity index (χ0v) is 16.0. The fourth-order valence-corrected chi connectivity index (χ4v) is 7.38. The standard InChI is InChI=1S/C10H12O10S4/c1-21(13,14)7-5(11)9(23(3,17)18)10(24(4,19)20)6(12)8(7)22(2,15)16/h1-4H3. The van der Waals surface area contributed by atoms with Gasteiger partial charge in [0.2, 0.25) is 11.6 Å². The predicted molar refractivity (Wildman–Crippen MR) is 83.4 cm³/mol. The number of sulfone groups is 4. The van der Waals surface area contributed by atoms with Gasteiger partial charge in [-0.3, -0.25) is 9.59 Å². The molecule has 0 aliphatic heterocycles. The Kier molecular flexibility index (Phi) is 4.80. The van der Waals surface area contributed by atoms with E-state index in [9.17, 15) is 43.3 Å². The number of ketones is 2. The molecule has 0 aromatic heterocycles. The summed E-state index contributed by atoms with van der Waals surface area (Å²) in [6.45, 7) is 0. The number of hydrogen-bond donors (Lipinski definition) is 0. The van der Waals surface area contributed by atoms with Crippen LogP contribution in [0, 0.1) is 0 Å². The van der Waals surface area contributed by atoms with Crippen molar-refractivity contribution in [2.75, 3.05) is 25.0 Å². The fourth-order valence-electron chi connectivity index (χ4n) is 1.97. The van der Waals surface area contributed by atoms with Crippen LogP contribution in [0.2, 0.25) is 0 Å². The Morgan fingerprint density at radius 2 is 0.542 bits per heavy atom. The van der Waals surface area contributed by atoms with E-state index in [0.717, 1.165) is 0 Å². The highest BCUT2D eigenvalue weighted by Crippen LogP contribution is 2.34. The number of rotatable bonds is 4. The van der Waals surface area contributed by atoms with E-state index in [2.05, 4.69) is 0 Å². The van der Waals surface area contributed by atoms with Gasteiger partial charge in [-0.1, -0.05) is 0 Å². The van der Waals surface area contributed by atoms with Crippen LogP contribution >= 0.6 is 0 Å². The topological polar surface area (TPSA) is 171 Å². The molecule has 0 aromatic carbocycles. The molecule has 0 atom stereocenters. The molecular weight excluding hydrogens is 408 g/mol. The highest BCUT2D eigenvalue weighted by atomic mass is 32.2. The van der Waals surface area contributed by atoms with Gasteiger partial charge in [-0.2, -0.15) is 0 Å². The smallest absolute Gasteiger partial charge is 0.218 e. The van der Waals surface area contributed by atoms with Crippen molar-refractivity contribution in [3.05, 3.63) is 19.6 Å². The van der Waals surface area contributed by atoms with Crippen molar-refractivity contribution in [3.63, 3.8) is 0 Å². The maximum absolute atomic E-state index is 12.3. The minimum atomic E-state index is -4.67. The molecule has 0 unspecified atom stereocenters. The molecule has 24 heavy (non-hydrogen) atoms. The molecule has 1 aliphatic rings. The first-order chi connectivity index (χ1) is 10.3. The van der Waals surface area contributed by atoms with Crippen molar-refractivity contribution in [2.24, 2.45) is 0 Å². The molecule has 1 rings (SSSR count). The molecule has 0 N–H and O–H groups in total. The SMILES string of the molecule is CS(=O)(=O)C1=C(S(C)(=O)=O)C(=O)C(S(C)(=O)=O)=C(S(C)(=O)=O)C1=O. The summed E-state index contributed by atoms with van der Waals surface area (Å²) in [6, 6.07) is 0. The molecule has 0 fully saturated rings. The van der Waals surface area contributed by atoms with Crippen molar-refractivity contribution >= 4 is 50.9 Å². The van der Waals surface area contributed by atoms with Gasteiger partial charge in [0.1, 0.15) is 19.6 Å². The van der Waals surface area contributed by atoms with E-state index in [4.69, 9.17) is 0 Å². The van der Waals surface area contributed by atoms with Crippen LogP contribution in [0.5, 0.6) is 0 Å². The summed E-state index contributed by atoms with van der Waals surface area (Å²) < 4.78 is 94.1. The van der Waals surface area contributed by atoms with Crippen LogP contribution in [-0.2, 0) is 48.9 Å². The second-order valence-electron chi connectivity index (χ2n) is 5.06. The molecule has 0 saturated heterocycles. The van der Waals surface area contributed by atoms with Gasteiger partial charge >= 0.3 is 0 Å². The van der Waals surface area contributed by atoms with Gasteiger partial charge in [0.15, 0.2) is 39.3 Å². The van der Waals surface area contributed by atoms with Crippen molar-refractivity contribution in [2.45, 2.75) is 0 Å². The zero-order valence-electron chi connectivity index (χ0n) is 12.7. The summed E-state index contributed by atoms with van der Waals surface area (Å²) >= 11 is 0. The van der Waals surface area contributed by atoms with Crippen LogP contribution in [0.4, 0.5) is 0 Å². The van der Waals surface area contributed by atoms with Gasteiger partial charge in [-0.15, -0.1) is 0 Å². The molecule has 136 valence electrons. The fraction of sp³-hybridized carbons (Fsp3) is 0.400. The Morgan fingerprint density at radius 3 is 0.625 bits per heavy atom. The van der Waals surface area contributed by atoms with Crippen LogP contribution in [0.1, 0.15) is 0 Å². The third-order valence-electron chi connectivity index (χ3n) is 2.72. The van der Waals surface area contributed by atoms with Crippen LogP contribution in [0.15, 0.2) is 19.6 Å². The average Bonchev–Trinajstić information content (AvgIpc) is 2.24. The van der Waals surface area contributed by atoms with E-state index in [1.54, 1.807) is 0 Å². The molecular formula is C10H12O10S4. The highest BCUT2D eigenvalue weighted by molar-refractivity contribution is 8.02. The Labute approximate surface area is 138 Å². The van der Waals surface area contributed by atoms with Crippen molar-refractivity contribution in [1.82, 2.24) is 0 Å². The maximum atomic E-state index is 12.3. The Morgan fingerprint density at radius 1 is 0.417 bits per heavy atom. The number of carbonyl (C=O) groups is 2. The first kappa shape index (κ1) is 20.7. The first-order valence-corrected chi connectivity index (χ1v) is 13.3. The molecule has 0 spiro atoms. The number of allylic oxidation sites excluding steroid dienone is 4. The second kappa shape index (κ2) is 5.57.